The lowest BCUT2D eigenvalue weighted by atomic mass is 9.84. The standard InChI is InChI=1S/C13H18N2/c14-13(15)12-8-6-11(7-9-12)10-4-2-1-3-5-10/h6-10H,1-5H2,(H3,14,15). The first kappa shape index (κ1) is 10.2. The van der Waals surface area contributed by atoms with Gasteiger partial charge in [-0.3, -0.25) is 5.41 Å². The molecule has 0 aliphatic heterocycles. The van der Waals surface area contributed by atoms with Crippen LogP contribution < -0.4 is 5.73 Å². The van der Waals surface area contributed by atoms with E-state index in [4.69, 9.17) is 11.1 Å². The molecule has 0 bridgehead atoms. The molecule has 1 aliphatic rings. The molecule has 0 amide bonds. The summed E-state index contributed by atoms with van der Waals surface area (Å²) in [6.07, 6.45) is 6.75. The molecule has 1 aromatic carbocycles. The quantitative estimate of drug-likeness (QED) is 0.562. The van der Waals surface area contributed by atoms with Gasteiger partial charge in [-0.15, -0.1) is 0 Å². The van der Waals surface area contributed by atoms with Crippen LogP contribution in [-0.4, -0.2) is 5.84 Å². The molecular weight excluding hydrogens is 184 g/mol. The van der Waals surface area contributed by atoms with Gasteiger partial charge in [0, 0.05) is 5.56 Å². The van der Waals surface area contributed by atoms with E-state index in [1.165, 1.54) is 37.7 Å². The molecular formula is C13H18N2. The summed E-state index contributed by atoms with van der Waals surface area (Å²) in [5, 5.41) is 7.33. The van der Waals surface area contributed by atoms with Gasteiger partial charge >= 0.3 is 0 Å². The molecule has 0 atom stereocenters. The van der Waals surface area contributed by atoms with Crippen molar-refractivity contribution in [2.75, 3.05) is 0 Å². The number of hydrogen-bond donors (Lipinski definition) is 2. The first-order valence-electron chi connectivity index (χ1n) is 5.72. The third-order valence-corrected chi connectivity index (χ3v) is 3.30. The fourth-order valence-electron chi connectivity index (χ4n) is 2.37. The maximum Gasteiger partial charge on any atom is 0.122 e. The molecule has 80 valence electrons. The lowest BCUT2D eigenvalue weighted by Crippen LogP contribution is -2.11. The van der Waals surface area contributed by atoms with Crippen LogP contribution in [0, 0.1) is 5.41 Å². The van der Waals surface area contributed by atoms with Crippen molar-refractivity contribution < 1.29 is 0 Å². The van der Waals surface area contributed by atoms with Crippen molar-refractivity contribution in [1.82, 2.24) is 0 Å². The van der Waals surface area contributed by atoms with Gasteiger partial charge in [-0.2, -0.15) is 0 Å². The van der Waals surface area contributed by atoms with E-state index in [0.717, 1.165) is 11.5 Å². The zero-order valence-electron chi connectivity index (χ0n) is 9.00. The summed E-state index contributed by atoms with van der Waals surface area (Å²) >= 11 is 0. The Balaban J connectivity index is 2.11. The smallest absolute Gasteiger partial charge is 0.122 e. The highest BCUT2D eigenvalue weighted by atomic mass is 14.7. The molecule has 0 saturated heterocycles. The highest BCUT2D eigenvalue weighted by molar-refractivity contribution is 5.94. The van der Waals surface area contributed by atoms with Crippen molar-refractivity contribution in [3.8, 4) is 0 Å². The maximum atomic E-state index is 7.33. The molecule has 0 heterocycles. The lowest BCUT2D eigenvalue weighted by molar-refractivity contribution is 0.443. The molecule has 2 heteroatoms. The van der Waals surface area contributed by atoms with Gasteiger partial charge in [0.25, 0.3) is 0 Å². The van der Waals surface area contributed by atoms with Crippen LogP contribution in [0.5, 0.6) is 0 Å². The first-order chi connectivity index (χ1) is 7.27. The zero-order chi connectivity index (χ0) is 10.7. The summed E-state index contributed by atoms with van der Waals surface area (Å²) in [4.78, 5) is 0. The van der Waals surface area contributed by atoms with Gasteiger partial charge in [0.15, 0.2) is 0 Å². The Hall–Kier alpha value is -1.31. The number of nitrogens with two attached hydrogens (primary N) is 1. The van der Waals surface area contributed by atoms with E-state index >= 15 is 0 Å². The van der Waals surface area contributed by atoms with Crippen molar-refractivity contribution in [2.45, 2.75) is 38.0 Å². The third-order valence-electron chi connectivity index (χ3n) is 3.30. The Kier molecular flexibility index (Phi) is 3.05. The van der Waals surface area contributed by atoms with Gasteiger partial charge in [0.05, 0.1) is 0 Å². The molecule has 0 spiro atoms. The predicted octanol–water partition coefficient (Wildman–Crippen LogP) is 3.02. The minimum Gasteiger partial charge on any atom is -0.384 e. The highest BCUT2D eigenvalue weighted by Crippen LogP contribution is 2.32. The van der Waals surface area contributed by atoms with Crippen molar-refractivity contribution in [3.05, 3.63) is 35.4 Å². The molecule has 15 heavy (non-hydrogen) atoms. The molecule has 1 saturated carbocycles. The van der Waals surface area contributed by atoms with Gasteiger partial charge in [0.1, 0.15) is 5.84 Å². The van der Waals surface area contributed by atoms with Crippen LogP contribution >= 0.6 is 0 Å². The summed E-state index contributed by atoms with van der Waals surface area (Å²) < 4.78 is 0. The van der Waals surface area contributed by atoms with Crippen molar-refractivity contribution in [1.29, 1.82) is 5.41 Å². The van der Waals surface area contributed by atoms with E-state index in [2.05, 4.69) is 12.1 Å². The second kappa shape index (κ2) is 4.47. The van der Waals surface area contributed by atoms with Gasteiger partial charge < -0.3 is 5.73 Å². The number of nitrogen functional groups attached to an aromatic ring is 1. The average Bonchev–Trinajstić information content (AvgIpc) is 2.30. The second-order valence-electron chi connectivity index (χ2n) is 4.37. The van der Waals surface area contributed by atoms with Crippen molar-refractivity contribution >= 4 is 5.84 Å². The van der Waals surface area contributed by atoms with Crippen LogP contribution in [0.4, 0.5) is 0 Å². The van der Waals surface area contributed by atoms with Crippen LogP contribution in [-0.2, 0) is 0 Å². The third kappa shape index (κ3) is 2.38. The van der Waals surface area contributed by atoms with E-state index in [1.807, 2.05) is 12.1 Å². The van der Waals surface area contributed by atoms with Gasteiger partial charge in [-0.1, -0.05) is 43.5 Å². The van der Waals surface area contributed by atoms with Gasteiger partial charge in [-0.05, 0) is 24.3 Å². The highest BCUT2D eigenvalue weighted by Gasteiger charge is 2.15. The molecule has 1 fully saturated rings. The van der Waals surface area contributed by atoms with Gasteiger partial charge in [-0.25, -0.2) is 0 Å². The van der Waals surface area contributed by atoms with Crippen LogP contribution in [0.1, 0.15) is 49.1 Å². The van der Waals surface area contributed by atoms with Crippen LogP contribution in [0.3, 0.4) is 0 Å². The largest absolute Gasteiger partial charge is 0.384 e. The Morgan fingerprint density at radius 2 is 1.67 bits per heavy atom. The Morgan fingerprint density at radius 1 is 1.07 bits per heavy atom. The SMILES string of the molecule is N=C(N)c1ccc(C2CCCCC2)cc1. The molecule has 2 nitrogen and oxygen atoms in total. The predicted molar refractivity (Wildman–Crippen MR) is 63.3 cm³/mol. The first-order valence-corrected chi connectivity index (χ1v) is 5.72. The number of hydrogen-bond acceptors (Lipinski definition) is 1. The van der Waals surface area contributed by atoms with E-state index < -0.39 is 0 Å². The van der Waals surface area contributed by atoms with Crippen LogP contribution in [0.25, 0.3) is 0 Å². The fraction of sp³-hybridized carbons (Fsp3) is 0.462. The summed E-state index contributed by atoms with van der Waals surface area (Å²) in [5.74, 6) is 0.893. The minimum atomic E-state index is 0.158. The number of rotatable bonds is 2. The average molecular weight is 202 g/mol. The topological polar surface area (TPSA) is 49.9 Å². The van der Waals surface area contributed by atoms with Crippen LogP contribution in [0.2, 0.25) is 0 Å². The number of nitrogens with one attached hydrogen (secondary N) is 1. The normalized spacial score (nSPS) is 17.6. The monoisotopic (exact) mass is 202 g/mol. The lowest BCUT2D eigenvalue weighted by Gasteiger charge is -2.22. The summed E-state index contributed by atoms with van der Waals surface area (Å²) in [7, 11) is 0. The number of amidine groups is 1. The molecule has 1 aliphatic carbocycles. The molecule has 3 N–H and O–H groups in total. The Labute approximate surface area is 91.0 Å². The molecule has 0 aromatic heterocycles. The van der Waals surface area contributed by atoms with Crippen LogP contribution in [0.15, 0.2) is 24.3 Å². The summed E-state index contributed by atoms with van der Waals surface area (Å²) in [6, 6.07) is 8.19. The number of benzene rings is 1. The Bertz CT molecular complexity index is 334. The van der Waals surface area contributed by atoms with Crippen molar-refractivity contribution in [3.63, 3.8) is 0 Å². The zero-order valence-corrected chi connectivity index (χ0v) is 9.00. The summed E-state index contributed by atoms with van der Waals surface area (Å²) in [5.41, 5.74) is 7.67. The molecule has 1 aromatic rings. The van der Waals surface area contributed by atoms with Crippen molar-refractivity contribution in [2.24, 2.45) is 5.73 Å². The summed E-state index contributed by atoms with van der Waals surface area (Å²) in [6.45, 7) is 0. The minimum absolute atomic E-state index is 0.158. The second-order valence-corrected chi connectivity index (χ2v) is 4.37. The van der Waals surface area contributed by atoms with E-state index in [9.17, 15) is 0 Å². The Morgan fingerprint density at radius 3 is 2.20 bits per heavy atom. The van der Waals surface area contributed by atoms with E-state index in [0.29, 0.717) is 0 Å². The van der Waals surface area contributed by atoms with E-state index in [-0.39, 0.29) is 5.84 Å². The van der Waals surface area contributed by atoms with E-state index in [1.54, 1.807) is 0 Å². The fourth-order valence-corrected chi connectivity index (χ4v) is 2.37. The molecule has 0 radical (unpaired) electrons. The maximum absolute atomic E-state index is 7.33. The molecule has 2 rings (SSSR count). The molecule has 0 unspecified atom stereocenters. The van der Waals surface area contributed by atoms with Gasteiger partial charge in [0.2, 0.25) is 0 Å².